The molecule has 2 saturated heterocycles. The monoisotopic (exact) mass is 410 g/mol. The molecule has 5 rings (SSSR count). The zero-order chi connectivity index (χ0) is 19.8. The summed E-state index contributed by atoms with van der Waals surface area (Å²) >= 11 is 1.86. The molecule has 3 aliphatic rings. The number of hydrogen-bond acceptors (Lipinski definition) is 7. The third kappa shape index (κ3) is 3.46. The number of morpholine rings is 1. The minimum atomic E-state index is 0.00476. The number of amidine groups is 1. The van der Waals surface area contributed by atoms with Gasteiger partial charge in [-0.3, -0.25) is 9.98 Å². The maximum atomic E-state index is 5.81. The summed E-state index contributed by atoms with van der Waals surface area (Å²) in [5.41, 5.74) is 3.38. The molecule has 1 aromatic carbocycles. The van der Waals surface area contributed by atoms with E-state index in [0.29, 0.717) is 5.25 Å². The van der Waals surface area contributed by atoms with Crippen molar-refractivity contribution >= 4 is 22.6 Å². The van der Waals surface area contributed by atoms with E-state index in [9.17, 15) is 0 Å². The van der Waals surface area contributed by atoms with E-state index in [1.165, 1.54) is 5.56 Å². The second-order valence-corrected chi connectivity index (χ2v) is 9.07. The Bertz CT molecular complexity index is 901. The van der Waals surface area contributed by atoms with Crippen molar-refractivity contribution in [2.45, 2.75) is 24.3 Å². The van der Waals surface area contributed by atoms with E-state index in [2.05, 4.69) is 46.0 Å². The molecule has 1 aromatic heterocycles. The van der Waals surface area contributed by atoms with Gasteiger partial charge < -0.3 is 19.3 Å². The molecule has 3 aliphatic heterocycles. The summed E-state index contributed by atoms with van der Waals surface area (Å²) in [6.45, 7) is 6.57. The molecular weight excluding hydrogens is 384 g/mol. The first-order chi connectivity index (χ1) is 14.2. The van der Waals surface area contributed by atoms with Crippen molar-refractivity contribution in [3.05, 3.63) is 53.9 Å². The van der Waals surface area contributed by atoms with Gasteiger partial charge in [0.2, 0.25) is 0 Å². The SMILES string of the molecule is COc1cc([C@H]2[C@H](c3ccccn3)N=C3S[C@@H](C)CN32)ccc1N1CCOCC1. The zero-order valence-electron chi connectivity index (χ0n) is 16.8. The molecule has 0 amide bonds. The molecule has 0 bridgehead atoms. The average Bonchev–Trinajstić information content (AvgIpc) is 3.30. The van der Waals surface area contributed by atoms with E-state index in [1.54, 1.807) is 7.11 Å². The summed E-state index contributed by atoms with van der Waals surface area (Å²) in [7, 11) is 1.75. The standard InChI is InChI=1S/C22H26N4O2S/c1-15-14-26-21(20(24-22(26)29-15)17-5-3-4-8-23-17)16-6-7-18(19(13-16)27-2)25-9-11-28-12-10-25/h3-8,13,15,20-21H,9-12,14H2,1-2H3/t15-,20-,21-/m0/s1. The molecule has 152 valence electrons. The van der Waals surface area contributed by atoms with Gasteiger partial charge in [-0.25, -0.2) is 0 Å². The number of anilines is 1. The lowest BCUT2D eigenvalue weighted by Crippen LogP contribution is -2.36. The van der Waals surface area contributed by atoms with Crippen LogP contribution in [0.1, 0.15) is 30.3 Å². The van der Waals surface area contributed by atoms with Crippen molar-refractivity contribution < 1.29 is 9.47 Å². The highest BCUT2D eigenvalue weighted by molar-refractivity contribution is 8.14. The number of rotatable bonds is 4. The second-order valence-electron chi connectivity index (χ2n) is 7.67. The number of fused-ring (bicyclic) bond motifs is 1. The Morgan fingerprint density at radius 3 is 2.79 bits per heavy atom. The van der Waals surface area contributed by atoms with Gasteiger partial charge in [0.1, 0.15) is 11.8 Å². The molecule has 6 nitrogen and oxygen atoms in total. The molecule has 0 aliphatic carbocycles. The Hall–Kier alpha value is -2.25. The van der Waals surface area contributed by atoms with E-state index in [-0.39, 0.29) is 12.1 Å². The van der Waals surface area contributed by atoms with E-state index in [1.807, 2.05) is 30.1 Å². The fraction of sp³-hybridized carbons (Fsp3) is 0.455. The van der Waals surface area contributed by atoms with E-state index >= 15 is 0 Å². The van der Waals surface area contributed by atoms with Crippen molar-refractivity contribution in [2.24, 2.45) is 4.99 Å². The molecule has 0 radical (unpaired) electrons. The van der Waals surface area contributed by atoms with Crippen LogP contribution in [0.25, 0.3) is 0 Å². The number of benzene rings is 1. The highest BCUT2D eigenvalue weighted by Crippen LogP contribution is 2.48. The van der Waals surface area contributed by atoms with Crippen LogP contribution in [-0.2, 0) is 4.74 Å². The molecule has 2 fully saturated rings. The topological polar surface area (TPSA) is 50.2 Å². The fourth-order valence-corrected chi connectivity index (χ4v) is 5.51. The number of methoxy groups -OCH3 is 1. The number of ether oxygens (including phenoxy) is 2. The minimum Gasteiger partial charge on any atom is -0.495 e. The fourth-order valence-electron chi connectivity index (χ4n) is 4.42. The highest BCUT2D eigenvalue weighted by atomic mass is 32.2. The Labute approximate surface area is 175 Å². The lowest BCUT2D eigenvalue weighted by molar-refractivity contribution is 0.122. The van der Waals surface area contributed by atoms with Gasteiger partial charge in [-0.1, -0.05) is 30.8 Å². The predicted molar refractivity (Wildman–Crippen MR) is 117 cm³/mol. The molecule has 0 spiro atoms. The molecule has 4 heterocycles. The summed E-state index contributed by atoms with van der Waals surface area (Å²) in [6.07, 6.45) is 1.86. The van der Waals surface area contributed by atoms with Gasteiger partial charge in [-0.05, 0) is 29.8 Å². The van der Waals surface area contributed by atoms with Crippen molar-refractivity contribution in [1.29, 1.82) is 0 Å². The van der Waals surface area contributed by atoms with Crippen LogP contribution in [0.5, 0.6) is 5.75 Å². The Morgan fingerprint density at radius 1 is 1.17 bits per heavy atom. The normalized spacial score (nSPS) is 26.4. The summed E-state index contributed by atoms with van der Waals surface area (Å²) in [5, 5.41) is 1.69. The molecule has 0 N–H and O–H groups in total. The summed E-state index contributed by atoms with van der Waals surface area (Å²) in [5.74, 6) is 0.914. The van der Waals surface area contributed by atoms with Gasteiger partial charge in [0.15, 0.2) is 5.17 Å². The lowest BCUT2D eigenvalue weighted by atomic mass is 9.95. The first-order valence-electron chi connectivity index (χ1n) is 10.2. The van der Waals surface area contributed by atoms with Gasteiger partial charge in [-0.2, -0.15) is 0 Å². The van der Waals surface area contributed by atoms with Crippen LogP contribution in [0, 0.1) is 0 Å². The molecule has 7 heteroatoms. The quantitative estimate of drug-likeness (QED) is 0.769. The Kier molecular flexibility index (Phi) is 5.09. The molecule has 29 heavy (non-hydrogen) atoms. The molecule has 0 unspecified atom stereocenters. The first-order valence-corrected chi connectivity index (χ1v) is 11.0. The Balaban J connectivity index is 1.52. The number of hydrogen-bond donors (Lipinski definition) is 0. The van der Waals surface area contributed by atoms with Crippen LogP contribution < -0.4 is 9.64 Å². The van der Waals surface area contributed by atoms with Gasteiger partial charge >= 0.3 is 0 Å². The third-order valence-corrected chi connectivity index (χ3v) is 6.88. The maximum absolute atomic E-state index is 5.81. The largest absolute Gasteiger partial charge is 0.495 e. The van der Waals surface area contributed by atoms with Gasteiger partial charge in [0, 0.05) is 31.1 Å². The zero-order valence-corrected chi connectivity index (χ0v) is 17.6. The van der Waals surface area contributed by atoms with E-state index in [0.717, 1.165) is 55.1 Å². The van der Waals surface area contributed by atoms with Crippen LogP contribution in [0.15, 0.2) is 47.6 Å². The minimum absolute atomic E-state index is 0.00476. The summed E-state index contributed by atoms with van der Waals surface area (Å²) in [4.78, 5) is 14.5. The van der Waals surface area contributed by atoms with Crippen molar-refractivity contribution in [3.63, 3.8) is 0 Å². The first kappa shape index (κ1) is 18.8. The van der Waals surface area contributed by atoms with Crippen molar-refractivity contribution in [2.75, 3.05) is 44.9 Å². The van der Waals surface area contributed by atoms with Crippen LogP contribution in [0.2, 0.25) is 0 Å². The smallest absolute Gasteiger partial charge is 0.160 e. The molecule has 0 saturated carbocycles. The van der Waals surface area contributed by atoms with Crippen LogP contribution in [0.4, 0.5) is 5.69 Å². The highest BCUT2D eigenvalue weighted by Gasteiger charge is 2.43. The lowest BCUT2D eigenvalue weighted by Gasteiger charge is -2.32. The van der Waals surface area contributed by atoms with E-state index < -0.39 is 0 Å². The van der Waals surface area contributed by atoms with Gasteiger partial charge in [0.25, 0.3) is 0 Å². The Morgan fingerprint density at radius 2 is 2.03 bits per heavy atom. The number of pyridine rings is 1. The average molecular weight is 411 g/mol. The van der Waals surface area contributed by atoms with Crippen molar-refractivity contribution in [3.8, 4) is 5.75 Å². The van der Waals surface area contributed by atoms with Gasteiger partial charge in [0.05, 0.1) is 37.7 Å². The van der Waals surface area contributed by atoms with Gasteiger partial charge in [-0.15, -0.1) is 0 Å². The summed E-state index contributed by atoms with van der Waals surface area (Å²) < 4.78 is 11.3. The van der Waals surface area contributed by atoms with Crippen LogP contribution in [-0.4, -0.2) is 60.3 Å². The van der Waals surface area contributed by atoms with Crippen LogP contribution >= 0.6 is 11.8 Å². The summed E-state index contributed by atoms with van der Waals surface area (Å²) in [6, 6.07) is 12.9. The predicted octanol–water partition coefficient (Wildman–Crippen LogP) is 3.52. The maximum Gasteiger partial charge on any atom is 0.160 e. The molecule has 3 atom stereocenters. The number of aliphatic imine (C=N–C) groups is 1. The van der Waals surface area contributed by atoms with E-state index in [4.69, 9.17) is 14.5 Å². The van der Waals surface area contributed by atoms with Crippen LogP contribution in [0.3, 0.4) is 0 Å². The number of nitrogens with zero attached hydrogens (tertiary/aromatic N) is 4. The molecular formula is C22H26N4O2S. The molecule has 2 aromatic rings. The number of thioether (sulfide) groups is 1. The second kappa shape index (κ2) is 7.88. The number of aromatic nitrogens is 1. The third-order valence-electron chi connectivity index (χ3n) is 5.78. The van der Waals surface area contributed by atoms with Crippen molar-refractivity contribution in [1.82, 2.24) is 9.88 Å².